The number of ether oxygens (including phenoxy) is 2. The maximum absolute atomic E-state index is 14.0. The van der Waals surface area contributed by atoms with Crippen molar-refractivity contribution in [3.8, 4) is 22.7 Å². The molecule has 9 heteroatoms. The monoisotopic (exact) mass is 568 g/mol. The van der Waals surface area contributed by atoms with Gasteiger partial charge in [-0.2, -0.15) is 10.1 Å². The lowest BCUT2D eigenvalue weighted by Gasteiger charge is -2.35. The molecule has 1 aromatic heterocycles. The third-order valence-corrected chi connectivity index (χ3v) is 7.87. The average Bonchev–Trinajstić information content (AvgIpc) is 3.56. The molecule has 0 bridgehead atoms. The summed E-state index contributed by atoms with van der Waals surface area (Å²) in [5.41, 5.74) is 3.77. The number of benzene rings is 3. The summed E-state index contributed by atoms with van der Waals surface area (Å²) >= 11 is 1.39. The Morgan fingerprint density at radius 1 is 1.00 bits per heavy atom. The van der Waals surface area contributed by atoms with Gasteiger partial charge in [0.15, 0.2) is 5.17 Å². The van der Waals surface area contributed by atoms with Crippen molar-refractivity contribution in [1.82, 2.24) is 14.7 Å². The Balaban J connectivity index is 1.27. The maximum atomic E-state index is 14.0. The number of nitrogens with zero attached hydrogens (tertiary/aromatic N) is 4. The number of aliphatic imine (C=N–C) groups is 1. The number of para-hydroxylation sites is 1. The van der Waals surface area contributed by atoms with Gasteiger partial charge in [-0.3, -0.25) is 4.79 Å². The Hall–Kier alpha value is -4.21. The molecule has 4 aromatic rings. The van der Waals surface area contributed by atoms with Gasteiger partial charge in [0.25, 0.3) is 5.91 Å². The first-order valence-corrected chi connectivity index (χ1v) is 14.3. The Morgan fingerprint density at radius 3 is 2.44 bits per heavy atom. The minimum absolute atomic E-state index is 0.0690. The first kappa shape index (κ1) is 27.0. The zero-order valence-electron chi connectivity index (χ0n) is 22.7. The van der Waals surface area contributed by atoms with Crippen molar-refractivity contribution >= 4 is 28.9 Å². The number of carbonyl (C=O) groups excluding carboxylic acids is 1. The molecule has 41 heavy (non-hydrogen) atoms. The normalized spacial score (nSPS) is 20.0. The topological polar surface area (TPSA) is 69.0 Å². The minimum Gasteiger partial charge on any atom is -0.489 e. The van der Waals surface area contributed by atoms with E-state index in [9.17, 15) is 9.18 Å². The molecule has 7 nitrogen and oxygen atoms in total. The van der Waals surface area contributed by atoms with E-state index in [-0.39, 0.29) is 30.5 Å². The molecule has 3 heterocycles. The number of amides is 1. The highest BCUT2D eigenvalue weighted by molar-refractivity contribution is 8.18. The van der Waals surface area contributed by atoms with Crippen LogP contribution in [0.15, 0.2) is 95.0 Å². The number of amidine groups is 1. The zero-order valence-corrected chi connectivity index (χ0v) is 23.6. The summed E-state index contributed by atoms with van der Waals surface area (Å²) in [4.78, 5) is 20.0. The summed E-state index contributed by atoms with van der Waals surface area (Å²) in [5.74, 6) is 0.0670. The highest BCUT2D eigenvalue weighted by Gasteiger charge is 2.31. The van der Waals surface area contributed by atoms with Crippen molar-refractivity contribution in [2.45, 2.75) is 32.7 Å². The summed E-state index contributed by atoms with van der Waals surface area (Å²) in [6.07, 6.45) is 3.92. The molecule has 0 unspecified atom stereocenters. The summed E-state index contributed by atoms with van der Waals surface area (Å²) in [7, 11) is 0. The molecule has 0 spiro atoms. The lowest BCUT2D eigenvalue weighted by molar-refractivity contribution is -0.113. The molecule has 1 amide bonds. The fourth-order valence-electron chi connectivity index (χ4n) is 4.92. The van der Waals surface area contributed by atoms with Crippen molar-refractivity contribution in [2.75, 3.05) is 13.1 Å². The first-order chi connectivity index (χ1) is 19.9. The van der Waals surface area contributed by atoms with Crippen molar-refractivity contribution in [1.29, 1.82) is 0 Å². The molecule has 0 radical (unpaired) electrons. The van der Waals surface area contributed by atoms with Gasteiger partial charge in [-0.15, -0.1) is 0 Å². The molecule has 208 valence electrons. The lowest BCUT2D eigenvalue weighted by Crippen LogP contribution is -2.47. The van der Waals surface area contributed by atoms with Gasteiger partial charge in [-0.25, -0.2) is 9.07 Å². The molecule has 1 saturated heterocycles. The standard InChI is InChI=1S/C32H29FN4O3S/c1-21-17-36(18-22(2)40-21)32-34-31(38)29(41-32)16-25-19-37(26-9-4-3-5-10-26)35-30(25)23-12-14-27(15-13-23)39-20-24-8-6-7-11-28(24)33/h3-16,19,21-22H,17-18,20H2,1-2H3/b29-16-/t21-,22-/m1/s1. The van der Waals surface area contributed by atoms with Crippen molar-refractivity contribution < 1.29 is 18.7 Å². The Morgan fingerprint density at radius 2 is 1.71 bits per heavy atom. The van der Waals surface area contributed by atoms with E-state index in [0.717, 1.165) is 22.5 Å². The highest BCUT2D eigenvalue weighted by atomic mass is 32.2. The predicted molar refractivity (Wildman–Crippen MR) is 159 cm³/mol. The highest BCUT2D eigenvalue weighted by Crippen LogP contribution is 2.34. The summed E-state index contributed by atoms with van der Waals surface area (Å²) in [6.45, 7) is 5.58. The second kappa shape index (κ2) is 11.7. The van der Waals surface area contributed by atoms with Crippen LogP contribution in [0.2, 0.25) is 0 Å². The number of thioether (sulfide) groups is 1. The SMILES string of the molecule is C[C@@H]1CN(C2=NC(=O)/C(=C/c3cn(-c4ccccc4)nc3-c3ccc(OCc4ccccc4F)cc3)S2)C[C@@H](C)O1. The van der Waals surface area contributed by atoms with Gasteiger partial charge in [0.2, 0.25) is 0 Å². The van der Waals surface area contributed by atoms with Crippen LogP contribution >= 0.6 is 11.8 Å². The van der Waals surface area contributed by atoms with Gasteiger partial charge in [-0.1, -0.05) is 36.4 Å². The molecule has 0 N–H and O–H groups in total. The van der Waals surface area contributed by atoms with Gasteiger partial charge in [0.1, 0.15) is 18.2 Å². The molecular formula is C32H29FN4O3S. The fraction of sp³-hybridized carbons (Fsp3) is 0.219. The Labute approximate surface area is 242 Å². The maximum Gasteiger partial charge on any atom is 0.286 e. The van der Waals surface area contributed by atoms with Crippen LogP contribution in [-0.4, -0.2) is 51.1 Å². The fourth-order valence-corrected chi connectivity index (χ4v) is 5.85. The Bertz CT molecular complexity index is 1610. The van der Waals surface area contributed by atoms with Crippen molar-refractivity contribution in [3.63, 3.8) is 0 Å². The van der Waals surface area contributed by atoms with E-state index in [1.807, 2.05) is 85.4 Å². The van der Waals surface area contributed by atoms with Crippen LogP contribution in [0, 0.1) is 5.82 Å². The van der Waals surface area contributed by atoms with Crippen LogP contribution < -0.4 is 4.74 Å². The summed E-state index contributed by atoms with van der Waals surface area (Å²) < 4.78 is 27.5. The first-order valence-electron chi connectivity index (χ1n) is 13.5. The number of aromatic nitrogens is 2. The number of rotatable bonds is 6. The second-order valence-corrected chi connectivity index (χ2v) is 11.1. The van der Waals surface area contributed by atoms with Crippen molar-refractivity contribution in [2.24, 2.45) is 4.99 Å². The molecule has 1 fully saturated rings. The number of hydrogen-bond acceptors (Lipinski definition) is 6. The summed E-state index contributed by atoms with van der Waals surface area (Å²) in [5, 5.41) is 5.58. The quantitative estimate of drug-likeness (QED) is 0.253. The predicted octanol–water partition coefficient (Wildman–Crippen LogP) is 6.34. The third kappa shape index (κ3) is 6.11. The van der Waals surface area contributed by atoms with E-state index in [0.29, 0.717) is 34.5 Å². The van der Waals surface area contributed by atoms with Crippen LogP contribution in [0.25, 0.3) is 23.0 Å². The number of hydrogen-bond donors (Lipinski definition) is 0. The second-order valence-electron chi connectivity index (χ2n) is 10.1. The third-order valence-electron chi connectivity index (χ3n) is 6.83. The number of morpholine rings is 1. The number of halogens is 1. The molecule has 2 aliphatic heterocycles. The van der Waals surface area contributed by atoms with E-state index in [1.165, 1.54) is 17.8 Å². The molecule has 0 aliphatic carbocycles. The van der Waals surface area contributed by atoms with Gasteiger partial charge < -0.3 is 14.4 Å². The van der Waals surface area contributed by atoms with Gasteiger partial charge in [0.05, 0.1) is 28.5 Å². The molecule has 3 aromatic carbocycles. The largest absolute Gasteiger partial charge is 0.489 e. The van der Waals surface area contributed by atoms with E-state index in [2.05, 4.69) is 9.89 Å². The number of carbonyl (C=O) groups is 1. The van der Waals surface area contributed by atoms with Gasteiger partial charge >= 0.3 is 0 Å². The molecule has 0 saturated carbocycles. The smallest absolute Gasteiger partial charge is 0.286 e. The van der Waals surface area contributed by atoms with E-state index < -0.39 is 0 Å². The average molecular weight is 569 g/mol. The molecular weight excluding hydrogens is 539 g/mol. The van der Waals surface area contributed by atoms with Crippen LogP contribution in [0.3, 0.4) is 0 Å². The van der Waals surface area contributed by atoms with E-state index in [1.54, 1.807) is 18.2 Å². The van der Waals surface area contributed by atoms with E-state index >= 15 is 0 Å². The van der Waals surface area contributed by atoms with Crippen molar-refractivity contribution in [3.05, 3.63) is 107 Å². The van der Waals surface area contributed by atoms with Crippen LogP contribution in [-0.2, 0) is 16.1 Å². The Kier molecular flexibility index (Phi) is 7.71. The zero-order chi connectivity index (χ0) is 28.3. The van der Waals surface area contributed by atoms with Gasteiger partial charge in [0, 0.05) is 36.0 Å². The molecule has 2 atom stereocenters. The van der Waals surface area contributed by atoms with Crippen LogP contribution in [0.5, 0.6) is 5.75 Å². The molecule has 2 aliphatic rings. The van der Waals surface area contributed by atoms with Crippen LogP contribution in [0.1, 0.15) is 25.0 Å². The minimum atomic E-state index is -0.294. The lowest BCUT2D eigenvalue weighted by atomic mass is 10.1. The van der Waals surface area contributed by atoms with Gasteiger partial charge in [-0.05, 0) is 74.1 Å². The summed E-state index contributed by atoms with van der Waals surface area (Å²) in [6, 6.07) is 23.9. The van der Waals surface area contributed by atoms with Crippen LogP contribution in [0.4, 0.5) is 4.39 Å². The molecule has 6 rings (SSSR count). The van der Waals surface area contributed by atoms with E-state index in [4.69, 9.17) is 14.6 Å².